The first-order valence-electron chi connectivity index (χ1n) is 5.06. The Bertz CT molecular complexity index is 154. The van der Waals surface area contributed by atoms with Gasteiger partial charge in [-0.15, -0.1) is 0 Å². The molecule has 0 N–H and O–H groups in total. The first kappa shape index (κ1) is 12.6. The molecule has 2 heteroatoms. The van der Waals surface area contributed by atoms with Gasteiger partial charge < -0.3 is 4.74 Å². The van der Waals surface area contributed by atoms with Gasteiger partial charge in [-0.25, -0.2) is 0 Å². The van der Waals surface area contributed by atoms with Gasteiger partial charge in [-0.2, -0.15) is 0 Å². The first-order valence-corrected chi connectivity index (χ1v) is 5.06. The number of ketones is 1. The number of carbonyl (C=O) groups excluding carboxylic acids is 1. The van der Waals surface area contributed by atoms with Crippen LogP contribution in [0.3, 0.4) is 0 Å². The minimum absolute atomic E-state index is 0.137. The highest BCUT2D eigenvalue weighted by atomic mass is 16.5. The summed E-state index contributed by atoms with van der Waals surface area (Å²) in [5.41, 5.74) is 0. The fourth-order valence-corrected chi connectivity index (χ4v) is 1.72. The Balaban J connectivity index is 4.05. The van der Waals surface area contributed by atoms with Crippen molar-refractivity contribution in [2.75, 3.05) is 7.11 Å². The minimum atomic E-state index is -0.214. The highest BCUT2D eigenvalue weighted by molar-refractivity contribution is 5.80. The smallest absolute Gasteiger partial charge is 0.158 e. The van der Waals surface area contributed by atoms with Crippen LogP contribution in [0.25, 0.3) is 0 Å². The maximum Gasteiger partial charge on any atom is 0.158 e. The predicted octanol–water partition coefficient (Wildman–Crippen LogP) is 2.66. The van der Waals surface area contributed by atoms with Crippen LogP contribution in [0, 0.1) is 11.8 Å². The number of Topliss-reactive ketones (excluding diaryl/α,β-unsaturated/α-hetero) is 1. The van der Waals surface area contributed by atoms with Crippen molar-refractivity contribution in [3.8, 4) is 0 Å². The van der Waals surface area contributed by atoms with E-state index in [1.165, 1.54) is 6.42 Å². The zero-order chi connectivity index (χ0) is 10.4. The molecule has 0 amide bonds. The summed E-state index contributed by atoms with van der Waals surface area (Å²) in [5.74, 6) is 1.14. The lowest BCUT2D eigenvalue weighted by atomic mass is 9.90. The topological polar surface area (TPSA) is 26.3 Å². The van der Waals surface area contributed by atoms with Crippen LogP contribution in [0.2, 0.25) is 0 Å². The Kier molecular flexibility index (Phi) is 5.97. The summed E-state index contributed by atoms with van der Waals surface area (Å²) in [6, 6.07) is 0. The second-order valence-corrected chi connectivity index (χ2v) is 3.99. The van der Waals surface area contributed by atoms with Gasteiger partial charge in [0.15, 0.2) is 5.78 Å². The molecule has 0 aliphatic rings. The molecule has 0 rings (SSSR count). The van der Waals surface area contributed by atoms with Gasteiger partial charge in [0.05, 0.1) is 0 Å². The molecule has 3 unspecified atom stereocenters. The van der Waals surface area contributed by atoms with E-state index in [0.717, 1.165) is 6.42 Å². The van der Waals surface area contributed by atoms with Gasteiger partial charge in [-0.05, 0) is 25.2 Å². The molecule has 0 fully saturated rings. The Morgan fingerprint density at radius 3 is 2.23 bits per heavy atom. The molecule has 0 aliphatic heterocycles. The van der Waals surface area contributed by atoms with Crippen LogP contribution in [0.4, 0.5) is 0 Å². The molecular weight excluding hydrogens is 164 g/mol. The molecule has 78 valence electrons. The van der Waals surface area contributed by atoms with Crippen LogP contribution in [-0.2, 0) is 9.53 Å². The molecule has 0 saturated heterocycles. The van der Waals surface area contributed by atoms with Crippen LogP contribution in [-0.4, -0.2) is 19.0 Å². The lowest BCUT2D eigenvalue weighted by Gasteiger charge is -2.22. The van der Waals surface area contributed by atoms with Crippen molar-refractivity contribution in [2.45, 2.75) is 46.6 Å². The summed E-state index contributed by atoms with van der Waals surface area (Å²) in [6.45, 7) is 8.07. The van der Waals surface area contributed by atoms with E-state index in [2.05, 4.69) is 20.8 Å². The summed E-state index contributed by atoms with van der Waals surface area (Å²) in [5, 5.41) is 0. The van der Waals surface area contributed by atoms with Crippen LogP contribution in [0.5, 0.6) is 0 Å². The van der Waals surface area contributed by atoms with Crippen molar-refractivity contribution >= 4 is 5.78 Å². The van der Waals surface area contributed by atoms with Gasteiger partial charge >= 0.3 is 0 Å². The second-order valence-electron chi connectivity index (χ2n) is 3.99. The molecule has 2 nitrogen and oxygen atoms in total. The number of carbonyl (C=O) groups is 1. The van der Waals surface area contributed by atoms with Crippen molar-refractivity contribution in [2.24, 2.45) is 11.8 Å². The Labute approximate surface area is 81.7 Å². The molecule has 13 heavy (non-hydrogen) atoms. The molecule has 0 spiro atoms. The monoisotopic (exact) mass is 186 g/mol. The van der Waals surface area contributed by atoms with Gasteiger partial charge in [0.2, 0.25) is 0 Å². The van der Waals surface area contributed by atoms with E-state index in [1.54, 1.807) is 14.0 Å². The van der Waals surface area contributed by atoms with E-state index in [9.17, 15) is 4.79 Å². The largest absolute Gasteiger partial charge is 0.373 e. The Hall–Kier alpha value is -0.370. The lowest BCUT2D eigenvalue weighted by molar-refractivity contribution is -0.129. The predicted molar refractivity (Wildman–Crippen MR) is 54.7 cm³/mol. The SMILES string of the molecule is CCC(C)CC(C)C(OC)C(C)=O. The molecule has 0 aromatic rings. The normalized spacial score (nSPS) is 17.9. The molecule has 0 saturated carbocycles. The fourth-order valence-electron chi connectivity index (χ4n) is 1.72. The minimum Gasteiger partial charge on any atom is -0.373 e. The molecule has 0 heterocycles. The average molecular weight is 186 g/mol. The zero-order valence-corrected chi connectivity index (χ0v) is 9.46. The molecule has 0 aromatic heterocycles. The van der Waals surface area contributed by atoms with Crippen molar-refractivity contribution in [3.63, 3.8) is 0 Å². The number of ether oxygens (including phenoxy) is 1. The second kappa shape index (κ2) is 6.14. The molecule has 0 radical (unpaired) electrons. The van der Waals surface area contributed by atoms with E-state index in [-0.39, 0.29) is 11.9 Å². The number of rotatable bonds is 6. The van der Waals surface area contributed by atoms with Crippen LogP contribution < -0.4 is 0 Å². The quantitative estimate of drug-likeness (QED) is 0.637. The highest BCUT2D eigenvalue weighted by Crippen LogP contribution is 2.19. The Morgan fingerprint density at radius 1 is 1.38 bits per heavy atom. The summed E-state index contributed by atoms with van der Waals surface area (Å²) in [7, 11) is 1.61. The van der Waals surface area contributed by atoms with E-state index < -0.39 is 0 Å². The maximum atomic E-state index is 11.2. The maximum absolute atomic E-state index is 11.2. The van der Waals surface area contributed by atoms with Crippen molar-refractivity contribution in [1.82, 2.24) is 0 Å². The van der Waals surface area contributed by atoms with Gasteiger partial charge in [0.1, 0.15) is 6.10 Å². The van der Waals surface area contributed by atoms with E-state index in [4.69, 9.17) is 4.74 Å². The third-order valence-electron chi connectivity index (χ3n) is 2.64. The van der Waals surface area contributed by atoms with E-state index in [1.807, 2.05) is 0 Å². The standard InChI is InChI=1S/C11H22O2/c1-6-8(2)7-9(3)11(13-5)10(4)12/h8-9,11H,6-7H2,1-5H3. The number of hydrogen-bond donors (Lipinski definition) is 0. The summed E-state index contributed by atoms with van der Waals surface area (Å²) >= 11 is 0. The van der Waals surface area contributed by atoms with Crippen molar-refractivity contribution in [1.29, 1.82) is 0 Å². The number of hydrogen-bond acceptors (Lipinski definition) is 2. The van der Waals surface area contributed by atoms with Crippen LogP contribution >= 0.6 is 0 Å². The van der Waals surface area contributed by atoms with E-state index >= 15 is 0 Å². The molecular formula is C11H22O2. The molecule has 0 aromatic carbocycles. The van der Waals surface area contributed by atoms with Gasteiger partial charge in [0.25, 0.3) is 0 Å². The third-order valence-corrected chi connectivity index (χ3v) is 2.64. The molecule has 0 bridgehead atoms. The fraction of sp³-hybridized carbons (Fsp3) is 0.909. The molecule has 3 atom stereocenters. The van der Waals surface area contributed by atoms with Crippen molar-refractivity contribution in [3.05, 3.63) is 0 Å². The first-order chi connectivity index (χ1) is 6.02. The number of methoxy groups -OCH3 is 1. The summed E-state index contributed by atoms with van der Waals surface area (Å²) in [6.07, 6.45) is 2.02. The van der Waals surface area contributed by atoms with Gasteiger partial charge in [-0.1, -0.05) is 27.2 Å². The third kappa shape index (κ3) is 4.41. The van der Waals surface area contributed by atoms with Gasteiger partial charge in [-0.3, -0.25) is 4.79 Å². The van der Waals surface area contributed by atoms with Crippen LogP contribution in [0.1, 0.15) is 40.5 Å². The molecule has 0 aliphatic carbocycles. The van der Waals surface area contributed by atoms with Crippen LogP contribution in [0.15, 0.2) is 0 Å². The summed E-state index contributed by atoms with van der Waals surface area (Å²) in [4.78, 5) is 11.2. The van der Waals surface area contributed by atoms with Gasteiger partial charge in [0, 0.05) is 7.11 Å². The summed E-state index contributed by atoms with van der Waals surface area (Å²) < 4.78 is 5.17. The highest BCUT2D eigenvalue weighted by Gasteiger charge is 2.22. The lowest BCUT2D eigenvalue weighted by Crippen LogP contribution is -2.29. The van der Waals surface area contributed by atoms with Crippen molar-refractivity contribution < 1.29 is 9.53 Å². The Morgan fingerprint density at radius 2 is 1.92 bits per heavy atom. The zero-order valence-electron chi connectivity index (χ0n) is 9.46. The van der Waals surface area contributed by atoms with E-state index in [0.29, 0.717) is 11.8 Å². The average Bonchev–Trinajstić information content (AvgIpc) is 2.04.